The smallest absolute Gasteiger partial charge is 1.00 e. The van der Waals surface area contributed by atoms with E-state index >= 15 is 0 Å². The largest absolute Gasteiger partial charge is 1.00 e. The maximum absolute atomic E-state index is 13.5. The second-order valence-electron chi connectivity index (χ2n) is 9.17. The first-order valence-corrected chi connectivity index (χ1v) is 12.9. The fraction of sp³-hybridized carbons (Fsp3) is 0.286. The van der Waals surface area contributed by atoms with Crippen LogP contribution in [0.4, 0.5) is 26.3 Å². The maximum atomic E-state index is 13.5. The molecule has 2 aliphatic carbocycles. The minimum Gasteiger partial charge on any atom is -1.00 e. The Morgan fingerprint density at radius 2 is 1.22 bits per heavy atom. The third-order valence-corrected chi connectivity index (χ3v) is 8.97. The number of alkyl halides is 6. The molecule has 0 aromatic heterocycles. The van der Waals surface area contributed by atoms with Crippen molar-refractivity contribution in [2.75, 3.05) is 0 Å². The van der Waals surface area contributed by atoms with Gasteiger partial charge in [0.25, 0.3) is 0 Å². The number of halogens is 8. The fourth-order valence-corrected chi connectivity index (χ4v) is 7.69. The van der Waals surface area contributed by atoms with Crippen LogP contribution >= 0.6 is 0 Å². The van der Waals surface area contributed by atoms with Crippen LogP contribution in [0.3, 0.4) is 0 Å². The SMILES string of the molecule is CC1=C(C)C(c2ccccc2)=C(C2C(C)=C(C)C(c3cc(C(F)(F)F)cc(C(F)(F)F)c3)=[C]2[Hf+2])C1.[Cl-].[Cl-]. The van der Waals surface area contributed by atoms with Crippen molar-refractivity contribution in [3.05, 3.63) is 102 Å². The first-order valence-electron chi connectivity index (χ1n) is 11.1. The molecule has 195 valence electrons. The van der Waals surface area contributed by atoms with E-state index in [1.54, 1.807) is 6.92 Å². The van der Waals surface area contributed by atoms with Crippen LogP contribution in [-0.2, 0) is 36.7 Å². The number of hydrogen-bond donors (Lipinski definition) is 0. The molecule has 0 bridgehead atoms. The molecular weight excluding hydrogens is 700 g/mol. The summed E-state index contributed by atoms with van der Waals surface area (Å²) in [6.07, 6.45) is -9.01. The average molecular weight is 723 g/mol. The predicted molar refractivity (Wildman–Crippen MR) is 122 cm³/mol. The third-order valence-electron chi connectivity index (χ3n) is 7.04. The van der Waals surface area contributed by atoms with Crippen molar-refractivity contribution in [3.8, 4) is 0 Å². The molecular formula is C28H23Cl2F6Hf. The topological polar surface area (TPSA) is 0 Å². The Morgan fingerprint density at radius 1 is 0.703 bits per heavy atom. The number of hydrogen-bond acceptors (Lipinski definition) is 0. The van der Waals surface area contributed by atoms with E-state index in [1.807, 2.05) is 37.3 Å². The molecule has 0 nitrogen and oxygen atoms in total. The van der Waals surface area contributed by atoms with Gasteiger partial charge in [0.2, 0.25) is 0 Å². The van der Waals surface area contributed by atoms with Gasteiger partial charge in [-0.1, -0.05) is 0 Å². The first-order chi connectivity index (χ1) is 16.2. The molecule has 9 heteroatoms. The Morgan fingerprint density at radius 3 is 1.70 bits per heavy atom. The third kappa shape index (κ3) is 5.89. The standard InChI is InChI=1S/C28H23F6.2ClH.Hf/c1-15-10-25(26(16(15)2)19-8-6-5-7-9-19)24-14-23(17(3)18(24)4)20-11-21(27(29,30)31)13-22(12-20)28(32,33)34;;;/h5-9,11-13,24H,10H2,1-4H3;2*1H;/q;;;+2/p-2. The zero-order valence-corrected chi connectivity index (χ0v) is 25.5. The Balaban J connectivity index is 0.00000241. The van der Waals surface area contributed by atoms with Crippen molar-refractivity contribution < 1.29 is 75.5 Å². The van der Waals surface area contributed by atoms with Gasteiger partial charge in [-0.2, -0.15) is 0 Å². The van der Waals surface area contributed by atoms with Gasteiger partial charge in [0.1, 0.15) is 0 Å². The van der Waals surface area contributed by atoms with Crippen LogP contribution in [0.15, 0.2) is 79.7 Å². The van der Waals surface area contributed by atoms with Gasteiger partial charge in [-0.3, -0.25) is 0 Å². The Hall–Kier alpha value is -1.57. The Labute approximate surface area is 240 Å². The van der Waals surface area contributed by atoms with E-state index in [-0.39, 0.29) is 42.4 Å². The molecule has 1 atom stereocenters. The molecule has 0 amide bonds. The van der Waals surface area contributed by atoms with Crippen molar-refractivity contribution >= 4 is 11.1 Å². The minimum atomic E-state index is -4.88. The van der Waals surface area contributed by atoms with Gasteiger partial charge in [0.05, 0.1) is 0 Å². The predicted octanol–water partition coefficient (Wildman–Crippen LogP) is 3.15. The fourth-order valence-electron chi connectivity index (χ4n) is 5.10. The van der Waals surface area contributed by atoms with Crippen LogP contribution in [0.5, 0.6) is 0 Å². The van der Waals surface area contributed by atoms with Crippen LogP contribution in [0.2, 0.25) is 0 Å². The van der Waals surface area contributed by atoms with E-state index in [1.165, 1.54) is 16.7 Å². The summed E-state index contributed by atoms with van der Waals surface area (Å²) in [5.74, 6) is -0.122. The van der Waals surface area contributed by atoms with Crippen LogP contribution in [0.1, 0.15) is 56.4 Å². The monoisotopic (exact) mass is 723 g/mol. The number of rotatable bonds is 3. The van der Waals surface area contributed by atoms with Crippen LogP contribution < -0.4 is 24.8 Å². The Kier molecular flexibility index (Phi) is 9.64. The number of benzene rings is 2. The molecule has 2 aromatic carbocycles. The van der Waals surface area contributed by atoms with Crippen molar-refractivity contribution in [2.45, 2.75) is 46.5 Å². The zero-order chi connectivity index (χ0) is 25.9. The first kappa shape index (κ1) is 31.6. The van der Waals surface area contributed by atoms with E-state index in [4.69, 9.17) is 0 Å². The summed E-state index contributed by atoms with van der Waals surface area (Å²) in [4.78, 5) is 0. The van der Waals surface area contributed by atoms with Gasteiger partial charge in [-0.25, -0.2) is 0 Å². The summed E-state index contributed by atoms with van der Waals surface area (Å²) in [6.45, 7) is 7.90. The second-order valence-corrected chi connectivity index (χ2v) is 11.1. The molecule has 0 fully saturated rings. The second kappa shape index (κ2) is 11.3. The van der Waals surface area contributed by atoms with Gasteiger partial charge in [-0.05, 0) is 0 Å². The molecule has 4 rings (SSSR count). The molecule has 37 heavy (non-hydrogen) atoms. The van der Waals surface area contributed by atoms with Gasteiger partial charge in [0, 0.05) is 0 Å². The van der Waals surface area contributed by atoms with Crippen LogP contribution in [0, 0.1) is 5.92 Å². The molecule has 0 saturated heterocycles. The molecule has 1 unspecified atom stereocenters. The summed E-state index contributed by atoms with van der Waals surface area (Å²) in [7, 11) is 0. The maximum Gasteiger partial charge on any atom is -1.00 e. The molecule has 0 saturated carbocycles. The van der Waals surface area contributed by atoms with E-state index in [9.17, 15) is 26.3 Å². The summed E-state index contributed by atoms with van der Waals surface area (Å²) < 4.78 is 82.2. The van der Waals surface area contributed by atoms with Crippen molar-refractivity contribution in [1.82, 2.24) is 0 Å². The van der Waals surface area contributed by atoms with Crippen LogP contribution in [-0.4, -0.2) is 0 Å². The molecule has 0 heterocycles. The molecule has 0 spiro atoms. The van der Waals surface area contributed by atoms with Gasteiger partial charge in [-0.15, -0.1) is 0 Å². The minimum absolute atomic E-state index is 0. The van der Waals surface area contributed by atoms with Crippen molar-refractivity contribution in [2.24, 2.45) is 5.92 Å². The van der Waals surface area contributed by atoms with E-state index < -0.39 is 23.5 Å². The number of allylic oxidation sites excluding steroid dienone is 8. The van der Waals surface area contributed by atoms with Crippen LogP contribution in [0.25, 0.3) is 11.1 Å². The molecule has 0 N–H and O–H groups in total. The summed E-state index contributed by atoms with van der Waals surface area (Å²) >= 11 is 0.503. The van der Waals surface area contributed by atoms with E-state index in [0.717, 1.165) is 44.2 Å². The molecule has 0 radical (unpaired) electrons. The van der Waals surface area contributed by atoms with E-state index in [0.29, 0.717) is 29.9 Å². The quantitative estimate of drug-likeness (QED) is 0.338. The normalized spacial score (nSPS) is 18.5. The summed E-state index contributed by atoms with van der Waals surface area (Å²) in [5.41, 5.74) is 5.48. The average Bonchev–Trinajstić information content (AvgIpc) is 3.18. The van der Waals surface area contributed by atoms with Gasteiger partial charge in [0.15, 0.2) is 0 Å². The van der Waals surface area contributed by atoms with Crippen molar-refractivity contribution in [1.29, 1.82) is 0 Å². The summed E-state index contributed by atoms with van der Waals surface area (Å²) in [6, 6.07) is 11.9. The van der Waals surface area contributed by atoms with Gasteiger partial charge < -0.3 is 24.8 Å². The van der Waals surface area contributed by atoms with Crippen molar-refractivity contribution in [3.63, 3.8) is 0 Å². The molecule has 2 aliphatic rings. The molecule has 0 aliphatic heterocycles. The summed E-state index contributed by atoms with van der Waals surface area (Å²) in [5, 5.41) is 0. The molecule has 2 aromatic rings. The Bertz CT molecular complexity index is 1300. The van der Waals surface area contributed by atoms with Gasteiger partial charge >= 0.3 is 216 Å². The zero-order valence-electron chi connectivity index (χ0n) is 20.4. The van der Waals surface area contributed by atoms with E-state index in [2.05, 4.69) is 13.8 Å².